The normalized spacial score (nSPS) is 12.3. The van der Waals surface area contributed by atoms with E-state index in [0.717, 1.165) is 26.7 Å². The highest BCUT2D eigenvalue weighted by atomic mass is 35.5. The molecular formula is C17H15ClN2OS2. The molecule has 0 bridgehead atoms. The van der Waals surface area contributed by atoms with E-state index in [1.165, 1.54) is 11.8 Å². The lowest BCUT2D eigenvalue weighted by molar-refractivity contribution is -0.115. The van der Waals surface area contributed by atoms with E-state index in [1.54, 1.807) is 35.6 Å². The minimum Gasteiger partial charge on any atom is -0.325 e. The smallest absolute Gasteiger partial charge is 0.237 e. The number of hydrogen-bond donors (Lipinski definition) is 1. The molecule has 1 amide bonds. The number of amides is 1. The standard InChI is InChI=1S/C17H15ClN2OS2/c1-2-14(16(21)19-12-9-7-11(18)8-10-12)22-17-20-13-5-3-4-6-15(13)23-17/h3-10,14H,2H2,1H3,(H,19,21). The highest BCUT2D eigenvalue weighted by molar-refractivity contribution is 8.02. The van der Waals surface area contributed by atoms with Crippen LogP contribution in [0, 0.1) is 0 Å². The summed E-state index contributed by atoms with van der Waals surface area (Å²) in [7, 11) is 0. The zero-order valence-corrected chi connectivity index (χ0v) is 14.8. The SMILES string of the molecule is CCC(Sc1nc2ccccc2s1)C(=O)Nc1ccc(Cl)cc1. The van der Waals surface area contributed by atoms with Crippen molar-refractivity contribution in [3.05, 3.63) is 53.6 Å². The summed E-state index contributed by atoms with van der Waals surface area (Å²) in [6.07, 6.45) is 0.736. The van der Waals surface area contributed by atoms with Gasteiger partial charge < -0.3 is 5.32 Å². The van der Waals surface area contributed by atoms with Crippen LogP contribution >= 0.6 is 34.7 Å². The Morgan fingerprint density at radius 3 is 2.70 bits per heavy atom. The van der Waals surface area contributed by atoms with Gasteiger partial charge in [-0.15, -0.1) is 11.3 Å². The molecule has 0 spiro atoms. The minimum atomic E-state index is -0.175. The molecule has 3 rings (SSSR count). The fraction of sp³-hybridized carbons (Fsp3) is 0.176. The Morgan fingerprint density at radius 2 is 2.00 bits per heavy atom. The summed E-state index contributed by atoms with van der Waals surface area (Å²) in [5, 5.41) is 3.41. The number of benzene rings is 2. The van der Waals surface area contributed by atoms with E-state index in [1.807, 2.05) is 31.2 Å². The van der Waals surface area contributed by atoms with Gasteiger partial charge in [0.05, 0.1) is 15.5 Å². The number of thioether (sulfide) groups is 1. The second-order valence-corrected chi connectivity index (χ2v) is 7.88. The van der Waals surface area contributed by atoms with E-state index < -0.39 is 0 Å². The van der Waals surface area contributed by atoms with Crippen molar-refractivity contribution in [2.24, 2.45) is 0 Å². The number of para-hydroxylation sites is 1. The molecule has 0 saturated carbocycles. The average molecular weight is 363 g/mol. The number of hydrogen-bond acceptors (Lipinski definition) is 4. The van der Waals surface area contributed by atoms with Crippen molar-refractivity contribution in [2.75, 3.05) is 5.32 Å². The molecule has 2 aromatic carbocycles. The van der Waals surface area contributed by atoms with Crippen molar-refractivity contribution < 1.29 is 4.79 Å². The molecule has 1 atom stereocenters. The lowest BCUT2D eigenvalue weighted by atomic mass is 10.3. The fourth-order valence-corrected chi connectivity index (χ4v) is 4.46. The first kappa shape index (κ1) is 16.3. The molecule has 0 saturated heterocycles. The van der Waals surface area contributed by atoms with Crippen LogP contribution in [0.15, 0.2) is 52.9 Å². The van der Waals surface area contributed by atoms with Gasteiger partial charge in [-0.05, 0) is 42.8 Å². The molecule has 1 unspecified atom stereocenters. The number of thiazole rings is 1. The summed E-state index contributed by atoms with van der Waals surface area (Å²) >= 11 is 9.00. The molecule has 1 aromatic heterocycles. The maximum Gasteiger partial charge on any atom is 0.237 e. The number of halogens is 1. The largest absolute Gasteiger partial charge is 0.325 e. The van der Waals surface area contributed by atoms with Crippen molar-refractivity contribution in [3.63, 3.8) is 0 Å². The van der Waals surface area contributed by atoms with Gasteiger partial charge in [-0.25, -0.2) is 4.98 Å². The van der Waals surface area contributed by atoms with Crippen LogP contribution in [0.5, 0.6) is 0 Å². The van der Waals surface area contributed by atoms with Gasteiger partial charge in [-0.1, -0.05) is 42.4 Å². The molecule has 3 nitrogen and oxygen atoms in total. The van der Waals surface area contributed by atoms with Crippen LogP contribution in [0.2, 0.25) is 5.02 Å². The van der Waals surface area contributed by atoms with E-state index in [4.69, 9.17) is 11.6 Å². The number of rotatable bonds is 5. The second-order valence-electron chi connectivity index (χ2n) is 4.96. The van der Waals surface area contributed by atoms with Crippen molar-refractivity contribution in [1.82, 2.24) is 4.98 Å². The molecule has 1 heterocycles. The molecule has 0 aliphatic heterocycles. The van der Waals surface area contributed by atoms with Crippen LogP contribution in [0.25, 0.3) is 10.2 Å². The molecule has 0 radical (unpaired) electrons. The number of carbonyl (C=O) groups is 1. The van der Waals surface area contributed by atoms with Crippen LogP contribution in [0.4, 0.5) is 5.69 Å². The topological polar surface area (TPSA) is 42.0 Å². The fourth-order valence-electron chi connectivity index (χ4n) is 2.10. The number of nitrogens with one attached hydrogen (secondary N) is 1. The van der Waals surface area contributed by atoms with Gasteiger partial charge in [0, 0.05) is 10.7 Å². The van der Waals surface area contributed by atoms with Gasteiger partial charge in [0.25, 0.3) is 0 Å². The van der Waals surface area contributed by atoms with Crippen molar-refractivity contribution in [3.8, 4) is 0 Å². The van der Waals surface area contributed by atoms with Crippen LogP contribution in [0.3, 0.4) is 0 Å². The second kappa shape index (κ2) is 7.34. The third-order valence-corrected chi connectivity index (χ3v) is 6.04. The minimum absolute atomic E-state index is 0.0147. The molecule has 0 fully saturated rings. The Morgan fingerprint density at radius 1 is 1.26 bits per heavy atom. The lowest BCUT2D eigenvalue weighted by Crippen LogP contribution is -2.24. The van der Waals surface area contributed by atoms with Gasteiger partial charge in [-0.3, -0.25) is 4.79 Å². The van der Waals surface area contributed by atoms with E-state index >= 15 is 0 Å². The average Bonchev–Trinajstić information content (AvgIpc) is 2.97. The Balaban J connectivity index is 1.71. The predicted octanol–water partition coefficient (Wildman–Crippen LogP) is 5.46. The summed E-state index contributed by atoms with van der Waals surface area (Å²) in [6.45, 7) is 2.01. The number of anilines is 1. The first-order valence-electron chi connectivity index (χ1n) is 7.24. The maximum atomic E-state index is 12.5. The predicted molar refractivity (Wildman–Crippen MR) is 99.6 cm³/mol. The van der Waals surface area contributed by atoms with Crippen LogP contribution in [0.1, 0.15) is 13.3 Å². The summed E-state index contributed by atoms with van der Waals surface area (Å²) in [5.74, 6) is -0.0147. The van der Waals surface area contributed by atoms with Crippen LogP contribution < -0.4 is 5.32 Å². The Labute approximate surface area is 148 Å². The van der Waals surface area contributed by atoms with E-state index in [2.05, 4.69) is 10.3 Å². The molecular weight excluding hydrogens is 348 g/mol. The third kappa shape index (κ3) is 4.05. The first-order chi connectivity index (χ1) is 11.2. The van der Waals surface area contributed by atoms with E-state index in [-0.39, 0.29) is 11.2 Å². The van der Waals surface area contributed by atoms with Gasteiger partial charge in [-0.2, -0.15) is 0 Å². The van der Waals surface area contributed by atoms with Crippen molar-refractivity contribution in [1.29, 1.82) is 0 Å². The van der Waals surface area contributed by atoms with E-state index in [9.17, 15) is 4.79 Å². The third-order valence-electron chi connectivity index (χ3n) is 3.29. The van der Waals surface area contributed by atoms with Crippen LogP contribution in [-0.2, 0) is 4.79 Å². The van der Waals surface area contributed by atoms with Crippen LogP contribution in [-0.4, -0.2) is 16.1 Å². The number of carbonyl (C=O) groups excluding carboxylic acids is 1. The summed E-state index contributed by atoms with van der Waals surface area (Å²) in [4.78, 5) is 17.0. The Hall–Kier alpha value is -1.56. The summed E-state index contributed by atoms with van der Waals surface area (Å²) < 4.78 is 2.06. The molecule has 0 aliphatic rings. The lowest BCUT2D eigenvalue weighted by Gasteiger charge is -2.13. The summed E-state index contributed by atoms with van der Waals surface area (Å²) in [5.41, 5.74) is 1.73. The quantitative estimate of drug-likeness (QED) is 0.613. The number of fused-ring (bicyclic) bond motifs is 1. The van der Waals surface area contributed by atoms with Gasteiger partial charge in [0.15, 0.2) is 4.34 Å². The molecule has 3 aromatic rings. The summed E-state index contributed by atoms with van der Waals surface area (Å²) in [6, 6.07) is 15.1. The van der Waals surface area contributed by atoms with E-state index in [0.29, 0.717) is 5.02 Å². The maximum absolute atomic E-state index is 12.5. The number of nitrogens with zero attached hydrogens (tertiary/aromatic N) is 1. The van der Waals surface area contributed by atoms with Crippen molar-refractivity contribution in [2.45, 2.75) is 22.9 Å². The zero-order chi connectivity index (χ0) is 16.2. The zero-order valence-electron chi connectivity index (χ0n) is 12.5. The van der Waals surface area contributed by atoms with Gasteiger partial charge >= 0.3 is 0 Å². The van der Waals surface area contributed by atoms with Gasteiger partial charge in [0.1, 0.15) is 0 Å². The Kier molecular flexibility index (Phi) is 5.20. The molecule has 6 heteroatoms. The monoisotopic (exact) mass is 362 g/mol. The number of aromatic nitrogens is 1. The highest BCUT2D eigenvalue weighted by Gasteiger charge is 2.20. The van der Waals surface area contributed by atoms with Crippen molar-refractivity contribution >= 4 is 56.5 Å². The Bertz CT molecular complexity index is 784. The highest BCUT2D eigenvalue weighted by Crippen LogP contribution is 2.33. The molecule has 1 N–H and O–H groups in total. The first-order valence-corrected chi connectivity index (χ1v) is 9.32. The molecule has 23 heavy (non-hydrogen) atoms. The van der Waals surface area contributed by atoms with Gasteiger partial charge in [0.2, 0.25) is 5.91 Å². The molecule has 118 valence electrons. The molecule has 0 aliphatic carbocycles.